The van der Waals surface area contributed by atoms with E-state index in [-0.39, 0.29) is 34.7 Å². The average molecular weight is 126 g/mol. The van der Waals surface area contributed by atoms with Crippen molar-refractivity contribution in [2.75, 3.05) is 0 Å². The first-order valence-electron chi connectivity index (χ1n) is 0.183. The van der Waals surface area contributed by atoms with Crippen molar-refractivity contribution in [1.29, 1.82) is 0 Å². The second kappa shape index (κ2) is 30.7. The van der Waals surface area contributed by atoms with E-state index >= 15 is 0 Å². The molecule has 0 N–H and O–H groups in total. The summed E-state index contributed by atoms with van der Waals surface area (Å²) in [4.78, 5) is 0. The van der Waals surface area contributed by atoms with Crippen LogP contribution in [0.5, 0.6) is 0 Å². The van der Waals surface area contributed by atoms with Crippen LogP contribution in [0.3, 0.4) is 0 Å². The fourth-order valence-corrected chi connectivity index (χ4v) is 0. The first-order valence-corrected chi connectivity index (χ1v) is 0.548. The summed E-state index contributed by atoms with van der Waals surface area (Å²) in [5.74, 6) is 0. The molecule has 0 bridgehead atoms. The van der Waals surface area contributed by atoms with E-state index in [2.05, 4.69) is 9.12 Å². The van der Waals surface area contributed by atoms with Crippen molar-refractivity contribution >= 4 is 26.5 Å². The molecule has 0 amide bonds. The van der Waals surface area contributed by atoms with Crippen LogP contribution in [0.1, 0.15) is 0 Å². The van der Waals surface area contributed by atoms with E-state index in [1.54, 1.807) is 0 Å². The van der Waals surface area contributed by atoms with Crippen molar-refractivity contribution in [3.8, 4) is 0 Å². The first-order chi connectivity index (χ1) is 1.00. The maximum Gasteiger partial charge on any atom is 0.261 e. The Kier molecular flexibility index (Phi) is 147. The van der Waals surface area contributed by atoms with Crippen LogP contribution in [0.25, 0.3) is 0 Å². The zero-order chi connectivity index (χ0) is 2.00. The Morgan fingerprint density at radius 2 is 1.25 bits per heavy atom. The van der Waals surface area contributed by atoms with Crippen LogP contribution in [0.15, 0.2) is 0 Å². The summed E-state index contributed by atoms with van der Waals surface area (Å²) in [5.41, 5.74) is 0. The zero-order valence-corrected chi connectivity index (χ0v) is 5.17. The second-order valence-corrected chi connectivity index (χ2v) is 0. The van der Waals surface area contributed by atoms with E-state index in [0.29, 0.717) is 0 Å². The van der Waals surface area contributed by atoms with Crippen LogP contribution in [0.4, 0.5) is 0 Å². The summed E-state index contributed by atoms with van der Waals surface area (Å²) in [7, 11) is 2.28. The van der Waals surface area contributed by atoms with Crippen molar-refractivity contribution in [3.05, 3.63) is 0 Å². The molecule has 0 rings (SSSR count). The minimum Gasteiger partial charge on any atom is -0.261 e. The molecule has 0 aliphatic carbocycles. The fraction of sp³-hybridized carbons (Fsp3) is 0. The SMILES string of the molecule is O=[P].[Al].[Cr]. The van der Waals surface area contributed by atoms with Gasteiger partial charge in [-0.3, -0.25) is 4.57 Å². The van der Waals surface area contributed by atoms with Crippen LogP contribution in [-0.2, 0) is 21.9 Å². The minimum atomic E-state index is 0. The van der Waals surface area contributed by atoms with Crippen LogP contribution < -0.4 is 0 Å². The molecule has 0 aliphatic rings. The van der Waals surface area contributed by atoms with Gasteiger partial charge in [0.2, 0.25) is 0 Å². The van der Waals surface area contributed by atoms with Gasteiger partial charge in [0.05, 0.1) is 0 Å². The van der Waals surface area contributed by atoms with Gasteiger partial charge in [-0.1, -0.05) is 0 Å². The predicted octanol–water partition coefficient (Wildman–Crippen LogP) is 0.359. The molecule has 0 saturated carbocycles. The Bertz CT molecular complexity index is 8.00. The molecular formula is AlCrOP. The Morgan fingerprint density at radius 3 is 1.25 bits per heavy atom. The van der Waals surface area contributed by atoms with Gasteiger partial charge in [0.1, 0.15) is 0 Å². The summed E-state index contributed by atoms with van der Waals surface area (Å²) in [6.07, 6.45) is 0. The predicted molar refractivity (Wildman–Crippen MR) is 13.4 cm³/mol. The maximum atomic E-state index is 7.94. The molecule has 0 heterocycles. The topological polar surface area (TPSA) is 17.1 Å². The van der Waals surface area contributed by atoms with Gasteiger partial charge in [-0.25, -0.2) is 0 Å². The van der Waals surface area contributed by atoms with Crippen molar-refractivity contribution in [1.82, 2.24) is 0 Å². The summed E-state index contributed by atoms with van der Waals surface area (Å²) < 4.78 is 7.94. The molecule has 0 fully saturated rings. The van der Waals surface area contributed by atoms with Gasteiger partial charge in [0.25, 0.3) is 9.12 Å². The third-order valence-corrected chi connectivity index (χ3v) is 0. The van der Waals surface area contributed by atoms with E-state index in [1.807, 2.05) is 0 Å². The average Bonchev–Trinajstić information content (AvgIpc) is 1.00. The molecule has 0 saturated heterocycles. The molecule has 0 unspecified atom stereocenters. The second-order valence-electron chi connectivity index (χ2n) is 0. The van der Waals surface area contributed by atoms with Gasteiger partial charge in [-0.2, -0.15) is 0 Å². The molecule has 1 nitrogen and oxygen atoms in total. The molecule has 0 aromatic carbocycles. The number of hydrogen-bond donors (Lipinski definition) is 0. The number of hydrogen-bond acceptors (Lipinski definition) is 1. The summed E-state index contributed by atoms with van der Waals surface area (Å²) >= 11 is 0. The van der Waals surface area contributed by atoms with Crippen molar-refractivity contribution in [3.63, 3.8) is 0 Å². The maximum absolute atomic E-state index is 7.94. The fourth-order valence-electron chi connectivity index (χ4n) is 0. The van der Waals surface area contributed by atoms with Crippen LogP contribution >= 0.6 is 9.12 Å². The molecule has 4 heavy (non-hydrogen) atoms. The smallest absolute Gasteiger partial charge is 0.261 e. The quantitative estimate of drug-likeness (QED) is 0.338. The molecule has 0 atom stereocenters. The van der Waals surface area contributed by atoms with Gasteiger partial charge in [-0.05, 0) is 0 Å². The Morgan fingerprint density at radius 1 is 1.25 bits per heavy atom. The first kappa shape index (κ1) is 19.1. The monoisotopic (exact) mass is 126 g/mol. The van der Waals surface area contributed by atoms with Crippen molar-refractivity contribution in [2.45, 2.75) is 0 Å². The third kappa shape index (κ3) is 10.9. The summed E-state index contributed by atoms with van der Waals surface area (Å²) in [5, 5.41) is 0. The minimum absolute atomic E-state index is 0. The zero-order valence-electron chi connectivity index (χ0n) is 1.84. The largest absolute Gasteiger partial charge is 0.261 e. The molecular weight excluding hydrogens is 126 g/mol. The molecule has 20 valence electrons. The van der Waals surface area contributed by atoms with Crippen LogP contribution in [-0.4, -0.2) is 17.4 Å². The Hall–Kier alpha value is 1.16. The Balaban J connectivity index is -0.00000000500. The van der Waals surface area contributed by atoms with E-state index in [0.717, 1.165) is 0 Å². The van der Waals surface area contributed by atoms with Crippen molar-refractivity contribution < 1.29 is 21.9 Å². The molecule has 0 aliphatic heterocycles. The van der Waals surface area contributed by atoms with E-state index in [9.17, 15) is 0 Å². The molecule has 4 radical (unpaired) electrons. The Labute approximate surface area is 48.7 Å². The summed E-state index contributed by atoms with van der Waals surface area (Å²) in [6, 6.07) is 0. The molecule has 0 aromatic rings. The van der Waals surface area contributed by atoms with Crippen LogP contribution in [0, 0.1) is 0 Å². The summed E-state index contributed by atoms with van der Waals surface area (Å²) in [6.45, 7) is 0. The third-order valence-electron chi connectivity index (χ3n) is 0. The molecule has 0 aromatic heterocycles. The molecule has 0 spiro atoms. The van der Waals surface area contributed by atoms with Gasteiger partial charge < -0.3 is 0 Å². The van der Waals surface area contributed by atoms with E-state index in [4.69, 9.17) is 4.57 Å². The molecule has 4 heteroatoms. The number of rotatable bonds is 0. The van der Waals surface area contributed by atoms with Gasteiger partial charge in [-0.15, -0.1) is 0 Å². The van der Waals surface area contributed by atoms with Crippen molar-refractivity contribution in [2.24, 2.45) is 0 Å². The normalized spacial score (nSPS) is 1.00. The van der Waals surface area contributed by atoms with Gasteiger partial charge in [0.15, 0.2) is 0 Å². The standard InChI is InChI=1S/Al.Cr.OP/c;;1-2. The van der Waals surface area contributed by atoms with Gasteiger partial charge in [0, 0.05) is 34.7 Å². The van der Waals surface area contributed by atoms with E-state index in [1.165, 1.54) is 0 Å². The van der Waals surface area contributed by atoms with Crippen LogP contribution in [0.2, 0.25) is 0 Å². The van der Waals surface area contributed by atoms with Gasteiger partial charge >= 0.3 is 0 Å². The van der Waals surface area contributed by atoms with E-state index < -0.39 is 0 Å².